The number of hydrogen-bond acceptors (Lipinski definition) is 4. The van der Waals surface area contributed by atoms with Crippen LogP contribution in [0.15, 0.2) is 24.3 Å². The Morgan fingerprint density at radius 2 is 2.06 bits per heavy atom. The number of rotatable bonds is 5. The lowest BCUT2D eigenvalue weighted by Gasteiger charge is -2.17. The first-order chi connectivity index (χ1) is 8.56. The van der Waals surface area contributed by atoms with Crippen LogP contribution in [0.5, 0.6) is 5.75 Å². The number of hydrogen-bond donors (Lipinski definition) is 1. The minimum atomic E-state index is -0.412. The summed E-state index contributed by atoms with van der Waals surface area (Å²) in [6.45, 7) is 1.41. The second kappa shape index (κ2) is 6.64. The van der Waals surface area contributed by atoms with Crippen molar-refractivity contribution in [1.82, 2.24) is 5.32 Å². The molecule has 0 aliphatic heterocycles. The molecule has 1 aromatic carbocycles. The van der Waals surface area contributed by atoms with Gasteiger partial charge in [-0.3, -0.25) is 9.59 Å². The van der Waals surface area contributed by atoms with E-state index in [4.69, 9.17) is 4.74 Å². The molecule has 5 nitrogen and oxygen atoms in total. The van der Waals surface area contributed by atoms with Crippen LogP contribution in [-0.2, 0) is 14.3 Å². The molecule has 0 aromatic heterocycles. The lowest BCUT2D eigenvalue weighted by molar-refractivity contribution is -0.141. The third-order valence-corrected chi connectivity index (χ3v) is 2.47. The SMILES string of the molecule is COC(=O)C[C@H](NC(C)=O)c1cccc(OC)c1. The average Bonchev–Trinajstić information content (AvgIpc) is 2.37. The summed E-state index contributed by atoms with van der Waals surface area (Å²) in [7, 11) is 2.88. The zero-order valence-electron chi connectivity index (χ0n) is 10.7. The van der Waals surface area contributed by atoms with Crippen LogP contribution in [0, 0.1) is 0 Å². The van der Waals surface area contributed by atoms with E-state index in [2.05, 4.69) is 10.1 Å². The summed E-state index contributed by atoms with van der Waals surface area (Å²) in [5.41, 5.74) is 0.801. The Hall–Kier alpha value is -2.04. The molecule has 0 bridgehead atoms. The standard InChI is InChI=1S/C13H17NO4/c1-9(15)14-12(8-13(16)18-3)10-5-4-6-11(7-10)17-2/h4-7,12H,8H2,1-3H3,(H,14,15)/t12-/m0/s1. The van der Waals surface area contributed by atoms with Gasteiger partial charge in [0.15, 0.2) is 0 Å². The van der Waals surface area contributed by atoms with Crippen LogP contribution in [0.25, 0.3) is 0 Å². The summed E-state index contributed by atoms with van der Waals surface area (Å²) in [6.07, 6.45) is 0.0866. The van der Waals surface area contributed by atoms with Crippen molar-refractivity contribution < 1.29 is 19.1 Å². The molecule has 0 radical (unpaired) electrons. The van der Waals surface area contributed by atoms with Gasteiger partial charge in [0.2, 0.25) is 5.91 Å². The molecule has 0 saturated carbocycles. The number of carbonyl (C=O) groups is 2. The predicted octanol–water partition coefficient (Wildman–Crippen LogP) is 1.44. The maximum absolute atomic E-state index is 11.3. The molecule has 1 aromatic rings. The number of methoxy groups -OCH3 is 2. The fourth-order valence-electron chi connectivity index (χ4n) is 1.61. The summed E-state index contributed by atoms with van der Waals surface area (Å²) >= 11 is 0. The Morgan fingerprint density at radius 3 is 2.61 bits per heavy atom. The van der Waals surface area contributed by atoms with Gasteiger partial charge in [-0.25, -0.2) is 0 Å². The van der Waals surface area contributed by atoms with Gasteiger partial charge in [0.1, 0.15) is 5.75 Å². The van der Waals surface area contributed by atoms with E-state index in [-0.39, 0.29) is 18.3 Å². The molecule has 98 valence electrons. The molecule has 0 spiro atoms. The first kappa shape index (κ1) is 14.0. The maximum Gasteiger partial charge on any atom is 0.307 e. The van der Waals surface area contributed by atoms with E-state index in [0.29, 0.717) is 5.75 Å². The highest BCUT2D eigenvalue weighted by Gasteiger charge is 2.17. The van der Waals surface area contributed by atoms with Crippen LogP contribution >= 0.6 is 0 Å². The molecular weight excluding hydrogens is 234 g/mol. The highest BCUT2D eigenvalue weighted by Crippen LogP contribution is 2.22. The molecule has 0 aliphatic rings. The molecule has 0 fully saturated rings. The van der Waals surface area contributed by atoms with Crippen molar-refractivity contribution in [3.8, 4) is 5.75 Å². The minimum Gasteiger partial charge on any atom is -0.497 e. The van der Waals surface area contributed by atoms with Crippen molar-refractivity contribution >= 4 is 11.9 Å². The molecule has 1 rings (SSSR count). The van der Waals surface area contributed by atoms with Gasteiger partial charge in [0.25, 0.3) is 0 Å². The smallest absolute Gasteiger partial charge is 0.307 e. The van der Waals surface area contributed by atoms with Gasteiger partial charge in [-0.1, -0.05) is 12.1 Å². The van der Waals surface area contributed by atoms with Crippen LogP contribution in [0.2, 0.25) is 0 Å². The normalized spacial score (nSPS) is 11.5. The lowest BCUT2D eigenvalue weighted by Crippen LogP contribution is -2.28. The maximum atomic E-state index is 11.3. The van der Waals surface area contributed by atoms with E-state index in [0.717, 1.165) is 5.56 Å². The number of carbonyl (C=O) groups excluding carboxylic acids is 2. The molecule has 0 heterocycles. The largest absolute Gasteiger partial charge is 0.497 e. The van der Waals surface area contributed by atoms with Gasteiger partial charge in [-0.05, 0) is 17.7 Å². The van der Waals surface area contributed by atoms with Gasteiger partial charge in [0, 0.05) is 6.92 Å². The summed E-state index contributed by atoms with van der Waals surface area (Å²) < 4.78 is 9.73. The van der Waals surface area contributed by atoms with Crippen molar-refractivity contribution in [2.75, 3.05) is 14.2 Å². The number of ether oxygens (including phenoxy) is 2. The van der Waals surface area contributed by atoms with Crippen LogP contribution in [0.1, 0.15) is 24.9 Å². The Balaban J connectivity index is 2.92. The second-order valence-corrected chi connectivity index (χ2v) is 3.81. The van der Waals surface area contributed by atoms with E-state index in [1.165, 1.54) is 14.0 Å². The number of esters is 1. The van der Waals surface area contributed by atoms with Gasteiger partial charge in [0.05, 0.1) is 26.7 Å². The van der Waals surface area contributed by atoms with Crippen molar-refractivity contribution in [3.05, 3.63) is 29.8 Å². The van der Waals surface area contributed by atoms with Crippen molar-refractivity contribution in [3.63, 3.8) is 0 Å². The van der Waals surface area contributed by atoms with E-state index < -0.39 is 6.04 Å². The first-order valence-corrected chi connectivity index (χ1v) is 5.54. The van der Waals surface area contributed by atoms with Gasteiger partial charge < -0.3 is 14.8 Å². The topological polar surface area (TPSA) is 64.6 Å². The third kappa shape index (κ3) is 4.08. The fourth-order valence-corrected chi connectivity index (χ4v) is 1.61. The fraction of sp³-hybridized carbons (Fsp3) is 0.385. The molecule has 5 heteroatoms. The molecular formula is C13H17NO4. The summed E-state index contributed by atoms with van der Waals surface area (Å²) in [5, 5.41) is 2.72. The van der Waals surface area contributed by atoms with E-state index in [1.807, 2.05) is 6.07 Å². The van der Waals surface area contributed by atoms with Gasteiger partial charge in [-0.15, -0.1) is 0 Å². The van der Waals surface area contributed by atoms with E-state index >= 15 is 0 Å². The monoisotopic (exact) mass is 251 g/mol. The lowest BCUT2D eigenvalue weighted by atomic mass is 10.0. The zero-order chi connectivity index (χ0) is 13.5. The quantitative estimate of drug-likeness (QED) is 0.804. The Morgan fingerprint density at radius 1 is 1.33 bits per heavy atom. The first-order valence-electron chi connectivity index (χ1n) is 5.54. The van der Waals surface area contributed by atoms with Crippen molar-refractivity contribution in [2.45, 2.75) is 19.4 Å². The Labute approximate surface area is 106 Å². The van der Waals surface area contributed by atoms with E-state index in [1.54, 1.807) is 25.3 Å². The molecule has 18 heavy (non-hydrogen) atoms. The highest BCUT2D eigenvalue weighted by atomic mass is 16.5. The predicted molar refractivity (Wildman–Crippen MR) is 66.2 cm³/mol. The highest BCUT2D eigenvalue weighted by molar-refractivity contribution is 5.76. The average molecular weight is 251 g/mol. The minimum absolute atomic E-state index is 0.0866. The molecule has 0 unspecified atom stereocenters. The summed E-state index contributed by atoms with van der Waals surface area (Å²) in [6, 6.07) is 6.80. The number of nitrogens with one attached hydrogen (secondary N) is 1. The van der Waals surface area contributed by atoms with Crippen LogP contribution < -0.4 is 10.1 Å². The summed E-state index contributed by atoms with van der Waals surface area (Å²) in [5.74, 6) is 0.0935. The summed E-state index contributed by atoms with van der Waals surface area (Å²) in [4.78, 5) is 22.5. The molecule has 1 amide bonds. The second-order valence-electron chi connectivity index (χ2n) is 3.81. The number of benzene rings is 1. The molecule has 1 atom stereocenters. The van der Waals surface area contributed by atoms with Gasteiger partial charge >= 0.3 is 5.97 Å². The Bertz CT molecular complexity index is 431. The third-order valence-electron chi connectivity index (χ3n) is 2.47. The molecule has 0 saturated heterocycles. The van der Waals surface area contributed by atoms with Gasteiger partial charge in [-0.2, -0.15) is 0 Å². The van der Waals surface area contributed by atoms with Crippen LogP contribution in [0.4, 0.5) is 0 Å². The number of amides is 1. The zero-order valence-corrected chi connectivity index (χ0v) is 10.7. The van der Waals surface area contributed by atoms with Crippen LogP contribution in [0.3, 0.4) is 0 Å². The molecule has 1 N–H and O–H groups in total. The van der Waals surface area contributed by atoms with Crippen molar-refractivity contribution in [1.29, 1.82) is 0 Å². The molecule has 0 aliphatic carbocycles. The van der Waals surface area contributed by atoms with Crippen molar-refractivity contribution in [2.24, 2.45) is 0 Å². The van der Waals surface area contributed by atoms with E-state index in [9.17, 15) is 9.59 Å². The van der Waals surface area contributed by atoms with Crippen LogP contribution in [-0.4, -0.2) is 26.1 Å². The Kier molecular flexibility index (Phi) is 5.17.